The van der Waals surface area contributed by atoms with Crippen molar-refractivity contribution in [3.8, 4) is 0 Å². The highest BCUT2D eigenvalue weighted by molar-refractivity contribution is 8.01. The molecule has 0 aromatic heterocycles. The molecule has 9 heteroatoms. The summed E-state index contributed by atoms with van der Waals surface area (Å²) in [6.45, 7) is 2.97. The minimum atomic E-state index is -4.89. The summed E-state index contributed by atoms with van der Waals surface area (Å²) in [5.74, 6) is -2.70. The molecule has 0 radical (unpaired) electrons. The molecule has 2 aliphatic rings. The minimum Gasteiger partial charge on any atom is -0.480 e. The average Bonchev–Trinajstić information content (AvgIpc) is 2.45. The number of alkyl halides is 3. The van der Waals surface area contributed by atoms with Crippen molar-refractivity contribution in [3.05, 3.63) is 0 Å². The van der Waals surface area contributed by atoms with Crippen LogP contribution >= 0.6 is 11.8 Å². The van der Waals surface area contributed by atoms with Gasteiger partial charge in [-0.3, -0.25) is 4.79 Å². The van der Waals surface area contributed by atoms with Crippen LogP contribution in [-0.2, 0) is 9.59 Å². The lowest BCUT2D eigenvalue weighted by Crippen LogP contribution is -2.83. The van der Waals surface area contributed by atoms with Crippen LogP contribution in [0.2, 0.25) is 0 Å². The Hall–Kier alpha value is -0.960. The highest BCUT2D eigenvalue weighted by Gasteiger charge is 2.79. The first-order chi connectivity index (χ1) is 7.94. The molecule has 2 fully saturated rings. The van der Waals surface area contributed by atoms with Gasteiger partial charge in [0.25, 0.3) is 5.91 Å². The maximum Gasteiger partial charge on any atom is 0.418 e. The maximum absolute atomic E-state index is 12.8. The van der Waals surface area contributed by atoms with Gasteiger partial charge in [-0.1, -0.05) is 0 Å². The molecule has 5 nitrogen and oxygen atoms in total. The Morgan fingerprint density at radius 3 is 2.39 bits per heavy atom. The first kappa shape index (κ1) is 13.5. The van der Waals surface area contributed by atoms with E-state index in [2.05, 4.69) is 0 Å². The molecule has 1 amide bonds. The smallest absolute Gasteiger partial charge is 0.418 e. The lowest BCUT2D eigenvalue weighted by molar-refractivity contribution is -0.229. The molecule has 3 atom stereocenters. The second-order valence-corrected chi connectivity index (χ2v) is 6.63. The molecule has 0 bridgehead atoms. The van der Waals surface area contributed by atoms with Crippen molar-refractivity contribution in [1.29, 1.82) is 0 Å². The predicted molar refractivity (Wildman–Crippen MR) is 56.7 cm³/mol. The number of halogens is 3. The fourth-order valence-corrected chi connectivity index (χ4v) is 4.02. The van der Waals surface area contributed by atoms with Gasteiger partial charge in [0.2, 0.25) is 5.54 Å². The summed E-state index contributed by atoms with van der Waals surface area (Å²) in [5, 5.41) is 7.66. The van der Waals surface area contributed by atoms with Crippen LogP contribution in [0.1, 0.15) is 13.8 Å². The molecule has 2 rings (SSSR count). The van der Waals surface area contributed by atoms with Gasteiger partial charge >= 0.3 is 12.1 Å². The summed E-state index contributed by atoms with van der Waals surface area (Å²) in [6.07, 6.45) is -4.89. The second-order valence-electron chi connectivity index (χ2n) is 4.89. The van der Waals surface area contributed by atoms with Gasteiger partial charge in [-0.25, -0.2) is 4.79 Å². The molecule has 3 N–H and O–H groups in total. The van der Waals surface area contributed by atoms with Crippen molar-refractivity contribution in [2.24, 2.45) is 5.73 Å². The molecular weight excluding hydrogens is 273 g/mol. The van der Waals surface area contributed by atoms with Gasteiger partial charge < -0.3 is 15.7 Å². The van der Waals surface area contributed by atoms with Crippen LogP contribution in [0, 0.1) is 0 Å². The fourth-order valence-electron chi connectivity index (χ4n) is 2.35. The van der Waals surface area contributed by atoms with E-state index in [1.165, 1.54) is 13.8 Å². The van der Waals surface area contributed by atoms with Gasteiger partial charge in [-0.15, -0.1) is 11.8 Å². The Morgan fingerprint density at radius 2 is 2.00 bits per heavy atom. The predicted octanol–water partition coefficient (Wildman–Crippen LogP) is 0.393. The molecule has 0 spiro atoms. The summed E-state index contributed by atoms with van der Waals surface area (Å²) < 4.78 is 37.4. The Bertz CT molecular complexity index is 439. The number of rotatable bonds is 1. The number of carbonyl (C=O) groups is 2. The standard InChI is InChI=1S/C9H11F3N2O3S/c1-7(2)3(4(15)16)14-5(17)8(13,6(14)18-7)9(10,11)12/h3,6H,13H2,1-2H3,(H,15,16)/t3-,6+,8?/m0/s1. The summed E-state index contributed by atoms with van der Waals surface area (Å²) in [7, 11) is 0. The van der Waals surface area contributed by atoms with Gasteiger partial charge in [0.1, 0.15) is 11.4 Å². The van der Waals surface area contributed by atoms with Crippen LogP contribution in [0.4, 0.5) is 13.2 Å². The van der Waals surface area contributed by atoms with Gasteiger partial charge in [0.05, 0.1) is 0 Å². The number of carboxylic acids is 1. The largest absolute Gasteiger partial charge is 0.480 e. The molecule has 102 valence electrons. The van der Waals surface area contributed by atoms with Crippen molar-refractivity contribution in [3.63, 3.8) is 0 Å². The first-order valence-electron chi connectivity index (χ1n) is 5.03. The molecule has 2 saturated heterocycles. The topological polar surface area (TPSA) is 83.6 Å². The molecular formula is C9H11F3N2O3S. The van der Waals surface area contributed by atoms with E-state index in [1.54, 1.807) is 0 Å². The number of thioether (sulfide) groups is 1. The van der Waals surface area contributed by atoms with E-state index >= 15 is 0 Å². The molecule has 18 heavy (non-hydrogen) atoms. The minimum absolute atomic E-state index is 0.723. The lowest BCUT2D eigenvalue weighted by Gasteiger charge is -2.50. The molecule has 2 aliphatic heterocycles. The highest BCUT2D eigenvalue weighted by Crippen LogP contribution is 2.57. The maximum atomic E-state index is 12.8. The third-order valence-corrected chi connectivity index (χ3v) is 4.94. The Labute approximate surface area is 104 Å². The molecule has 0 saturated carbocycles. The number of amides is 1. The molecule has 2 heterocycles. The van der Waals surface area contributed by atoms with E-state index in [1.807, 2.05) is 0 Å². The third-order valence-electron chi connectivity index (χ3n) is 3.29. The van der Waals surface area contributed by atoms with Crippen molar-refractivity contribution >= 4 is 23.6 Å². The number of carboxylic acid groups (broad SMARTS) is 1. The fraction of sp³-hybridized carbons (Fsp3) is 0.778. The number of fused-ring (bicyclic) bond motifs is 1. The molecule has 0 aliphatic carbocycles. The summed E-state index contributed by atoms with van der Waals surface area (Å²) in [5.41, 5.74) is 2.19. The Balaban J connectivity index is 2.42. The normalized spacial score (nSPS) is 38.3. The van der Waals surface area contributed by atoms with Crippen molar-refractivity contribution in [1.82, 2.24) is 4.90 Å². The number of aliphatic carboxylic acids is 1. The Morgan fingerprint density at radius 1 is 1.50 bits per heavy atom. The van der Waals surface area contributed by atoms with Crippen molar-refractivity contribution in [2.75, 3.05) is 0 Å². The van der Waals surface area contributed by atoms with Gasteiger partial charge in [-0.2, -0.15) is 13.2 Å². The average molecular weight is 284 g/mol. The number of nitrogens with zero attached hydrogens (tertiary/aromatic N) is 1. The number of hydrogen-bond donors (Lipinski definition) is 2. The zero-order valence-electron chi connectivity index (χ0n) is 9.49. The van der Waals surface area contributed by atoms with Crippen LogP contribution in [0.25, 0.3) is 0 Å². The van der Waals surface area contributed by atoms with Crippen LogP contribution < -0.4 is 5.73 Å². The van der Waals surface area contributed by atoms with Crippen LogP contribution in [0.15, 0.2) is 0 Å². The number of nitrogens with two attached hydrogens (primary N) is 1. The Kier molecular flexibility index (Phi) is 2.49. The van der Waals surface area contributed by atoms with Gasteiger partial charge in [-0.05, 0) is 13.8 Å². The van der Waals surface area contributed by atoms with Crippen LogP contribution in [0.3, 0.4) is 0 Å². The van der Waals surface area contributed by atoms with Crippen molar-refractivity contribution < 1.29 is 27.9 Å². The zero-order valence-corrected chi connectivity index (χ0v) is 10.3. The third kappa shape index (κ3) is 1.34. The van der Waals surface area contributed by atoms with Crippen molar-refractivity contribution in [2.45, 2.75) is 41.7 Å². The van der Waals surface area contributed by atoms with E-state index in [4.69, 9.17) is 10.8 Å². The summed E-state index contributed by atoms with van der Waals surface area (Å²) in [4.78, 5) is 23.4. The number of carbonyl (C=O) groups excluding carboxylic acids is 1. The summed E-state index contributed by atoms with van der Waals surface area (Å²) >= 11 is 0.771. The molecule has 0 aromatic rings. The second kappa shape index (κ2) is 3.32. The van der Waals surface area contributed by atoms with E-state index in [-0.39, 0.29) is 0 Å². The van der Waals surface area contributed by atoms with E-state index < -0.39 is 39.8 Å². The van der Waals surface area contributed by atoms with Crippen LogP contribution in [-0.4, -0.2) is 49.8 Å². The molecule has 0 aromatic carbocycles. The molecule has 1 unspecified atom stereocenters. The first-order valence-corrected chi connectivity index (χ1v) is 5.91. The lowest BCUT2D eigenvalue weighted by atomic mass is 9.85. The number of hydrogen-bond acceptors (Lipinski definition) is 4. The van der Waals surface area contributed by atoms with Crippen LogP contribution in [0.5, 0.6) is 0 Å². The highest BCUT2D eigenvalue weighted by atomic mass is 32.2. The zero-order chi connectivity index (χ0) is 14.1. The van der Waals surface area contributed by atoms with E-state index in [0.29, 0.717) is 0 Å². The quantitative estimate of drug-likeness (QED) is 0.681. The number of β-lactam (4-membered cyclic amide) rings is 1. The van der Waals surface area contributed by atoms with E-state index in [0.717, 1.165) is 16.7 Å². The van der Waals surface area contributed by atoms with Gasteiger partial charge in [0, 0.05) is 4.75 Å². The van der Waals surface area contributed by atoms with E-state index in [9.17, 15) is 22.8 Å². The van der Waals surface area contributed by atoms with Gasteiger partial charge in [0.15, 0.2) is 0 Å². The summed E-state index contributed by atoms with van der Waals surface area (Å²) in [6, 6.07) is -1.29. The SMILES string of the molecule is CC1(C)S[C@H]2N(C(=O)C2(N)C(F)(F)F)[C@H]1C(=O)O. The monoisotopic (exact) mass is 284 g/mol.